The predicted octanol–water partition coefficient (Wildman–Crippen LogP) is 3.01. The van der Waals surface area contributed by atoms with E-state index in [1.807, 2.05) is 24.3 Å². The number of nitrogens with two attached hydrogens (primary N) is 1. The van der Waals surface area contributed by atoms with Gasteiger partial charge < -0.3 is 11.1 Å². The van der Waals surface area contributed by atoms with Gasteiger partial charge in [-0.2, -0.15) is 0 Å². The van der Waals surface area contributed by atoms with Crippen LogP contribution in [-0.4, -0.2) is 21.9 Å². The number of hydrogen-bond acceptors (Lipinski definition) is 6. The number of primary amides is 1. The molecular formula is C11H11BrN4OS2. The highest BCUT2D eigenvalue weighted by molar-refractivity contribution is 9.10. The van der Waals surface area contributed by atoms with Crippen LogP contribution in [0.25, 0.3) is 0 Å². The maximum absolute atomic E-state index is 10.6. The van der Waals surface area contributed by atoms with E-state index in [-0.39, 0.29) is 5.91 Å². The van der Waals surface area contributed by atoms with Gasteiger partial charge in [-0.15, -0.1) is 10.2 Å². The number of benzene rings is 1. The fourth-order valence-corrected chi connectivity index (χ4v) is 3.44. The summed E-state index contributed by atoms with van der Waals surface area (Å²) in [5.41, 5.74) is 6.02. The summed E-state index contributed by atoms with van der Waals surface area (Å²) >= 11 is 6.33. The Hall–Kier alpha value is -1.12. The van der Waals surface area contributed by atoms with Crippen LogP contribution in [0.1, 0.15) is 6.42 Å². The van der Waals surface area contributed by atoms with E-state index in [4.69, 9.17) is 5.73 Å². The van der Waals surface area contributed by atoms with Crippen molar-refractivity contribution in [2.45, 2.75) is 10.8 Å². The fraction of sp³-hybridized carbons (Fsp3) is 0.182. The lowest BCUT2D eigenvalue weighted by molar-refractivity contribution is -0.117. The molecule has 1 amide bonds. The van der Waals surface area contributed by atoms with Crippen LogP contribution >= 0.6 is 39.0 Å². The third kappa shape index (κ3) is 4.81. The lowest BCUT2D eigenvalue weighted by Gasteiger charge is -2.01. The number of rotatable bonds is 6. The lowest BCUT2D eigenvalue weighted by Crippen LogP contribution is -2.10. The van der Waals surface area contributed by atoms with Gasteiger partial charge in [-0.3, -0.25) is 4.79 Å². The summed E-state index contributed by atoms with van der Waals surface area (Å²) in [6.45, 7) is 0. The number of anilines is 2. The largest absolute Gasteiger partial charge is 0.370 e. The average Bonchev–Trinajstić information content (AvgIpc) is 2.76. The summed E-state index contributed by atoms with van der Waals surface area (Å²) < 4.78 is 1.82. The number of thioether (sulfide) groups is 1. The molecule has 0 saturated carbocycles. The van der Waals surface area contributed by atoms with Crippen molar-refractivity contribution in [3.63, 3.8) is 0 Å². The van der Waals surface area contributed by atoms with Crippen LogP contribution < -0.4 is 11.1 Å². The van der Waals surface area contributed by atoms with Gasteiger partial charge >= 0.3 is 0 Å². The van der Waals surface area contributed by atoms with E-state index in [1.165, 1.54) is 23.1 Å². The van der Waals surface area contributed by atoms with Crippen molar-refractivity contribution in [1.29, 1.82) is 0 Å². The van der Waals surface area contributed by atoms with Gasteiger partial charge in [0.2, 0.25) is 11.0 Å². The number of hydrogen-bond donors (Lipinski definition) is 2. The van der Waals surface area contributed by atoms with Crippen LogP contribution in [0.3, 0.4) is 0 Å². The first-order valence-corrected chi connectivity index (χ1v) is 8.00. The molecule has 0 fully saturated rings. The molecule has 0 unspecified atom stereocenters. The molecule has 0 atom stereocenters. The molecule has 0 radical (unpaired) electrons. The van der Waals surface area contributed by atoms with Crippen molar-refractivity contribution in [1.82, 2.24) is 10.2 Å². The van der Waals surface area contributed by atoms with E-state index in [2.05, 4.69) is 31.4 Å². The Morgan fingerprint density at radius 1 is 1.47 bits per heavy atom. The Labute approximate surface area is 127 Å². The topological polar surface area (TPSA) is 80.9 Å². The molecule has 100 valence electrons. The SMILES string of the molecule is NC(=O)CCSc1nnc(Nc2cccc(Br)c2)s1. The molecule has 2 rings (SSSR count). The Morgan fingerprint density at radius 2 is 2.32 bits per heavy atom. The number of nitrogens with one attached hydrogen (secondary N) is 1. The third-order valence-electron chi connectivity index (χ3n) is 2.06. The summed E-state index contributed by atoms with van der Waals surface area (Å²) in [5.74, 6) is 0.324. The summed E-state index contributed by atoms with van der Waals surface area (Å²) in [7, 11) is 0. The van der Waals surface area contributed by atoms with E-state index in [1.54, 1.807) is 0 Å². The minimum absolute atomic E-state index is 0.301. The highest BCUT2D eigenvalue weighted by Gasteiger charge is 2.06. The van der Waals surface area contributed by atoms with Gasteiger partial charge in [0.15, 0.2) is 4.34 Å². The molecule has 8 heteroatoms. The molecule has 0 bridgehead atoms. The van der Waals surface area contributed by atoms with Crippen molar-refractivity contribution in [3.05, 3.63) is 28.7 Å². The van der Waals surface area contributed by atoms with E-state index < -0.39 is 0 Å². The number of carbonyl (C=O) groups is 1. The van der Waals surface area contributed by atoms with Crippen LogP contribution in [-0.2, 0) is 4.79 Å². The van der Waals surface area contributed by atoms with E-state index in [9.17, 15) is 4.79 Å². The molecule has 0 aliphatic rings. The van der Waals surface area contributed by atoms with Crippen molar-refractivity contribution in [2.24, 2.45) is 5.73 Å². The molecule has 19 heavy (non-hydrogen) atoms. The zero-order valence-electron chi connectivity index (χ0n) is 9.80. The maximum atomic E-state index is 10.6. The van der Waals surface area contributed by atoms with Crippen LogP contribution in [0.4, 0.5) is 10.8 Å². The Morgan fingerprint density at radius 3 is 3.05 bits per heavy atom. The molecule has 1 heterocycles. The van der Waals surface area contributed by atoms with E-state index in [0.29, 0.717) is 12.2 Å². The first-order chi connectivity index (χ1) is 9.13. The average molecular weight is 359 g/mol. The second-order valence-corrected chi connectivity index (χ2v) is 6.81. The second kappa shape index (κ2) is 6.88. The number of carbonyl (C=O) groups excluding carboxylic acids is 1. The molecule has 3 N–H and O–H groups in total. The fourth-order valence-electron chi connectivity index (χ4n) is 1.25. The summed E-state index contributed by atoms with van der Waals surface area (Å²) in [6, 6.07) is 7.81. The van der Waals surface area contributed by atoms with Crippen molar-refractivity contribution < 1.29 is 4.79 Å². The first-order valence-electron chi connectivity index (χ1n) is 5.40. The second-order valence-electron chi connectivity index (χ2n) is 3.57. The number of halogens is 1. The smallest absolute Gasteiger partial charge is 0.218 e. The maximum Gasteiger partial charge on any atom is 0.218 e. The first kappa shape index (κ1) is 14.3. The predicted molar refractivity (Wildman–Crippen MR) is 81.9 cm³/mol. The van der Waals surface area contributed by atoms with Crippen LogP contribution in [0.2, 0.25) is 0 Å². The summed E-state index contributed by atoms with van der Waals surface area (Å²) in [5, 5.41) is 12.0. The molecule has 1 aromatic heterocycles. The van der Waals surface area contributed by atoms with Gasteiger partial charge in [-0.05, 0) is 18.2 Å². The van der Waals surface area contributed by atoms with Gasteiger partial charge in [-0.1, -0.05) is 45.1 Å². The quantitative estimate of drug-likeness (QED) is 0.775. The summed E-state index contributed by atoms with van der Waals surface area (Å²) in [4.78, 5) is 10.6. The zero-order valence-corrected chi connectivity index (χ0v) is 13.0. The van der Waals surface area contributed by atoms with Crippen LogP contribution in [0.15, 0.2) is 33.1 Å². The normalized spacial score (nSPS) is 10.4. The molecule has 0 aliphatic carbocycles. The minimum atomic E-state index is -0.301. The van der Waals surface area contributed by atoms with Crippen LogP contribution in [0, 0.1) is 0 Å². The zero-order chi connectivity index (χ0) is 13.7. The molecule has 1 aromatic carbocycles. The van der Waals surface area contributed by atoms with Crippen LogP contribution in [0.5, 0.6) is 0 Å². The Balaban J connectivity index is 1.92. The van der Waals surface area contributed by atoms with Gasteiger partial charge in [-0.25, -0.2) is 0 Å². The Kier molecular flexibility index (Phi) is 5.17. The number of aromatic nitrogens is 2. The van der Waals surface area contributed by atoms with Crippen molar-refractivity contribution >= 4 is 55.8 Å². The van der Waals surface area contributed by atoms with Crippen molar-refractivity contribution in [3.8, 4) is 0 Å². The molecule has 0 spiro atoms. The molecule has 0 aliphatic heterocycles. The van der Waals surface area contributed by atoms with E-state index in [0.717, 1.165) is 19.6 Å². The molecule has 2 aromatic rings. The van der Waals surface area contributed by atoms with Gasteiger partial charge in [0.05, 0.1) is 0 Å². The summed E-state index contributed by atoms with van der Waals surface area (Å²) in [6.07, 6.45) is 0.346. The Bertz CT molecular complexity index is 575. The molecule has 0 saturated heterocycles. The van der Waals surface area contributed by atoms with E-state index >= 15 is 0 Å². The highest BCUT2D eigenvalue weighted by Crippen LogP contribution is 2.28. The highest BCUT2D eigenvalue weighted by atomic mass is 79.9. The van der Waals surface area contributed by atoms with Gasteiger partial charge in [0.1, 0.15) is 0 Å². The van der Waals surface area contributed by atoms with Crippen molar-refractivity contribution in [2.75, 3.05) is 11.1 Å². The molecular weight excluding hydrogens is 348 g/mol. The monoisotopic (exact) mass is 358 g/mol. The minimum Gasteiger partial charge on any atom is -0.370 e. The number of amides is 1. The molecule has 5 nitrogen and oxygen atoms in total. The lowest BCUT2D eigenvalue weighted by atomic mass is 10.3. The van der Waals surface area contributed by atoms with Gasteiger partial charge in [0, 0.05) is 22.3 Å². The van der Waals surface area contributed by atoms with Gasteiger partial charge in [0.25, 0.3) is 0 Å². The number of nitrogens with zero attached hydrogens (tertiary/aromatic N) is 2. The third-order valence-corrected chi connectivity index (χ3v) is 4.52. The standard InChI is InChI=1S/C11H11BrN4OS2/c12-7-2-1-3-8(6-7)14-10-15-16-11(19-10)18-5-4-9(13)17/h1-3,6H,4-5H2,(H2,13,17)(H,14,15).